The molecule has 1 aliphatic rings. The highest BCUT2D eigenvalue weighted by Crippen LogP contribution is 2.16. The number of ketones is 1. The van der Waals surface area contributed by atoms with Crippen LogP contribution in [0.4, 0.5) is 0 Å². The summed E-state index contributed by atoms with van der Waals surface area (Å²) in [5.74, 6) is 0.384. The molecule has 0 amide bonds. The molecule has 1 atom stereocenters. The summed E-state index contributed by atoms with van der Waals surface area (Å²) in [6.45, 7) is 4.69. The lowest BCUT2D eigenvalue weighted by molar-refractivity contribution is 0.0899. The molecule has 1 aliphatic heterocycles. The molecule has 0 aromatic carbocycles. The van der Waals surface area contributed by atoms with Gasteiger partial charge in [0.05, 0.1) is 11.8 Å². The highest BCUT2D eigenvalue weighted by molar-refractivity contribution is 5.97. The van der Waals surface area contributed by atoms with Crippen molar-refractivity contribution < 1.29 is 4.79 Å². The van der Waals surface area contributed by atoms with Crippen molar-refractivity contribution in [2.75, 3.05) is 13.1 Å². The van der Waals surface area contributed by atoms with E-state index in [2.05, 4.69) is 10.4 Å². The molecule has 4 heteroatoms. The van der Waals surface area contributed by atoms with Gasteiger partial charge in [-0.3, -0.25) is 9.48 Å². The molecule has 1 aromatic rings. The molecule has 0 bridgehead atoms. The highest BCUT2D eigenvalue weighted by Gasteiger charge is 2.22. The monoisotopic (exact) mass is 207 g/mol. The van der Waals surface area contributed by atoms with Crippen molar-refractivity contribution in [1.29, 1.82) is 0 Å². The molecule has 4 nitrogen and oxygen atoms in total. The number of nitrogens with one attached hydrogen (secondary N) is 1. The topological polar surface area (TPSA) is 46.9 Å². The van der Waals surface area contributed by atoms with Gasteiger partial charge in [0.2, 0.25) is 0 Å². The number of carbonyl (C=O) groups excluding carboxylic acids is 1. The highest BCUT2D eigenvalue weighted by atomic mass is 16.1. The number of hydrogen-bond acceptors (Lipinski definition) is 3. The van der Waals surface area contributed by atoms with Gasteiger partial charge in [0, 0.05) is 25.2 Å². The standard InChI is InChI=1S/C11H17N3O/c1-2-14-8-10(7-13-14)11(15)9-4-3-5-12-6-9/h7-9,12H,2-6H2,1H3. The third-order valence-corrected chi connectivity index (χ3v) is 2.91. The molecule has 0 spiro atoms. The zero-order valence-corrected chi connectivity index (χ0v) is 9.07. The Morgan fingerprint density at radius 2 is 2.60 bits per heavy atom. The third-order valence-electron chi connectivity index (χ3n) is 2.91. The van der Waals surface area contributed by atoms with Gasteiger partial charge in [0.15, 0.2) is 5.78 Å². The summed E-state index contributed by atoms with van der Waals surface area (Å²) < 4.78 is 1.80. The molecule has 1 saturated heterocycles. The maximum absolute atomic E-state index is 12.0. The number of piperidine rings is 1. The van der Waals surface area contributed by atoms with Crippen molar-refractivity contribution in [2.45, 2.75) is 26.3 Å². The van der Waals surface area contributed by atoms with Crippen LogP contribution in [0.5, 0.6) is 0 Å². The number of carbonyl (C=O) groups is 1. The average Bonchev–Trinajstić information content (AvgIpc) is 2.78. The molecule has 1 unspecified atom stereocenters. The molecule has 2 heterocycles. The van der Waals surface area contributed by atoms with Crippen molar-refractivity contribution in [3.05, 3.63) is 18.0 Å². The summed E-state index contributed by atoms with van der Waals surface area (Å²) in [6, 6.07) is 0. The van der Waals surface area contributed by atoms with Crippen LogP contribution in [0.2, 0.25) is 0 Å². The van der Waals surface area contributed by atoms with Crippen LogP contribution in [0.15, 0.2) is 12.4 Å². The fourth-order valence-electron chi connectivity index (χ4n) is 1.98. The van der Waals surface area contributed by atoms with E-state index in [9.17, 15) is 4.79 Å². The normalized spacial score (nSPS) is 21.5. The average molecular weight is 207 g/mol. The van der Waals surface area contributed by atoms with Crippen LogP contribution in [0.25, 0.3) is 0 Å². The lowest BCUT2D eigenvalue weighted by atomic mass is 9.92. The fourth-order valence-corrected chi connectivity index (χ4v) is 1.98. The van der Waals surface area contributed by atoms with Crippen molar-refractivity contribution in [1.82, 2.24) is 15.1 Å². The summed E-state index contributed by atoms with van der Waals surface area (Å²) in [5, 5.41) is 7.38. The Bertz CT molecular complexity index is 339. The summed E-state index contributed by atoms with van der Waals surface area (Å²) >= 11 is 0. The molecule has 2 rings (SSSR count). The van der Waals surface area contributed by atoms with E-state index in [1.54, 1.807) is 10.9 Å². The molecule has 0 saturated carbocycles. The van der Waals surface area contributed by atoms with Gasteiger partial charge in [0.1, 0.15) is 0 Å². The molecular formula is C11H17N3O. The molecule has 82 valence electrons. The second-order valence-electron chi connectivity index (χ2n) is 3.99. The van der Waals surface area contributed by atoms with Crippen LogP contribution in [0.3, 0.4) is 0 Å². The first-order valence-electron chi connectivity index (χ1n) is 5.58. The summed E-state index contributed by atoms with van der Waals surface area (Å²) in [7, 11) is 0. The fraction of sp³-hybridized carbons (Fsp3) is 0.636. The Hall–Kier alpha value is -1.16. The van der Waals surface area contributed by atoms with Gasteiger partial charge in [-0.25, -0.2) is 0 Å². The van der Waals surface area contributed by atoms with Crippen LogP contribution in [-0.4, -0.2) is 28.7 Å². The van der Waals surface area contributed by atoms with E-state index >= 15 is 0 Å². The van der Waals surface area contributed by atoms with E-state index < -0.39 is 0 Å². The second kappa shape index (κ2) is 4.57. The first kappa shape index (κ1) is 10.4. The summed E-state index contributed by atoms with van der Waals surface area (Å²) in [6.07, 6.45) is 5.62. The molecule has 1 aromatic heterocycles. The quantitative estimate of drug-likeness (QED) is 0.755. The largest absolute Gasteiger partial charge is 0.316 e. The zero-order valence-electron chi connectivity index (χ0n) is 9.07. The van der Waals surface area contributed by atoms with Gasteiger partial charge in [-0.15, -0.1) is 0 Å². The predicted octanol–water partition coefficient (Wildman–Crippen LogP) is 1.09. The third kappa shape index (κ3) is 2.26. The maximum atomic E-state index is 12.0. The van der Waals surface area contributed by atoms with Crippen LogP contribution >= 0.6 is 0 Å². The second-order valence-corrected chi connectivity index (χ2v) is 3.99. The Kier molecular flexibility index (Phi) is 3.16. The molecule has 15 heavy (non-hydrogen) atoms. The van der Waals surface area contributed by atoms with E-state index in [4.69, 9.17) is 0 Å². The Morgan fingerprint density at radius 1 is 1.73 bits per heavy atom. The van der Waals surface area contributed by atoms with Gasteiger partial charge in [0.25, 0.3) is 0 Å². The van der Waals surface area contributed by atoms with Gasteiger partial charge in [-0.05, 0) is 26.3 Å². The lowest BCUT2D eigenvalue weighted by Gasteiger charge is -2.20. The zero-order chi connectivity index (χ0) is 10.7. The van der Waals surface area contributed by atoms with Gasteiger partial charge >= 0.3 is 0 Å². The molecular weight excluding hydrogens is 190 g/mol. The van der Waals surface area contributed by atoms with Crippen molar-refractivity contribution in [3.8, 4) is 0 Å². The predicted molar refractivity (Wildman–Crippen MR) is 57.8 cm³/mol. The minimum absolute atomic E-state index is 0.147. The molecule has 0 aliphatic carbocycles. The number of aromatic nitrogens is 2. The van der Waals surface area contributed by atoms with Crippen LogP contribution < -0.4 is 5.32 Å². The number of hydrogen-bond donors (Lipinski definition) is 1. The van der Waals surface area contributed by atoms with E-state index in [0.29, 0.717) is 0 Å². The summed E-state index contributed by atoms with van der Waals surface area (Å²) in [5.41, 5.74) is 0.755. The SMILES string of the molecule is CCn1cc(C(=O)C2CCCNC2)cn1. The number of nitrogens with zero attached hydrogens (tertiary/aromatic N) is 2. The Morgan fingerprint density at radius 3 is 3.20 bits per heavy atom. The summed E-state index contributed by atoms with van der Waals surface area (Å²) in [4.78, 5) is 12.0. The van der Waals surface area contributed by atoms with E-state index in [1.807, 2.05) is 13.1 Å². The minimum Gasteiger partial charge on any atom is -0.316 e. The number of rotatable bonds is 3. The van der Waals surface area contributed by atoms with Crippen LogP contribution in [-0.2, 0) is 6.54 Å². The first-order valence-corrected chi connectivity index (χ1v) is 5.58. The van der Waals surface area contributed by atoms with Crippen molar-refractivity contribution in [3.63, 3.8) is 0 Å². The lowest BCUT2D eigenvalue weighted by Crippen LogP contribution is -2.34. The molecule has 1 fully saturated rings. The smallest absolute Gasteiger partial charge is 0.170 e. The van der Waals surface area contributed by atoms with Gasteiger partial charge in [-0.2, -0.15) is 5.10 Å². The first-order chi connectivity index (χ1) is 7.31. The number of aryl methyl sites for hydroxylation is 1. The van der Waals surface area contributed by atoms with E-state index in [1.165, 1.54) is 0 Å². The Labute approximate surface area is 89.7 Å². The minimum atomic E-state index is 0.147. The maximum Gasteiger partial charge on any atom is 0.170 e. The van der Waals surface area contributed by atoms with Crippen LogP contribution in [0.1, 0.15) is 30.1 Å². The Balaban J connectivity index is 2.05. The van der Waals surface area contributed by atoms with Crippen molar-refractivity contribution >= 4 is 5.78 Å². The molecule has 0 radical (unpaired) electrons. The van der Waals surface area contributed by atoms with Gasteiger partial charge < -0.3 is 5.32 Å². The van der Waals surface area contributed by atoms with E-state index in [0.717, 1.165) is 38.0 Å². The van der Waals surface area contributed by atoms with Gasteiger partial charge in [-0.1, -0.05) is 0 Å². The van der Waals surface area contributed by atoms with E-state index in [-0.39, 0.29) is 11.7 Å². The molecule has 1 N–H and O–H groups in total. The number of Topliss-reactive ketones (excluding diaryl/α,β-unsaturated/α-hetero) is 1. The van der Waals surface area contributed by atoms with Crippen LogP contribution in [0, 0.1) is 5.92 Å². The van der Waals surface area contributed by atoms with Crippen molar-refractivity contribution in [2.24, 2.45) is 5.92 Å².